The third-order valence-electron chi connectivity index (χ3n) is 2.93. The molecule has 0 amide bonds. The average Bonchev–Trinajstić information content (AvgIpc) is 2.40. The summed E-state index contributed by atoms with van der Waals surface area (Å²) in [6.45, 7) is 9.26. The van der Waals surface area contributed by atoms with Gasteiger partial charge in [0.2, 0.25) is 0 Å². The van der Waals surface area contributed by atoms with Crippen LogP contribution in [0.15, 0.2) is 34.2 Å². The Labute approximate surface area is 125 Å². The van der Waals surface area contributed by atoms with Crippen molar-refractivity contribution < 1.29 is 0 Å². The fourth-order valence-corrected chi connectivity index (χ4v) is 2.91. The molecule has 0 radical (unpaired) electrons. The van der Waals surface area contributed by atoms with Crippen molar-refractivity contribution in [3.05, 3.63) is 41.2 Å². The van der Waals surface area contributed by atoms with E-state index in [9.17, 15) is 0 Å². The molecule has 2 rings (SSSR count). The number of rotatable bonds is 5. The first-order chi connectivity index (χ1) is 9.58. The van der Waals surface area contributed by atoms with Crippen LogP contribution in [-0.2, 0) is 0 Å². The van der Waals surface area contributed by atoms with Crippen molar-refractivity contribution in [3.63, 3.8) is 0 Å². The zero-order chi connectivity index (χ0) is 14.5. The summed E-state index contributed by atoms with van der Waals surface area (Å²) < 4.78 is 0. The molecule has 0 fully saturated rings. The first-order valence-corrected chi connectivity index (χ1v) is 7.75. The van der Waals surface area contributed by atoms with Crippen LogP contribution >= 0.6 is 11.8 Å². The highest BCUT2D eigenvalue weighted by atomic mass is 32.2. The van der Waals surface area contributed by atoms with E-state index in [1.54, 1.807) is 11.8 Å². The van der Waals surface area contributed by atoms with E-state index in [-0.39, 0.29) is 0 Å². The molecule has 1 N–H and O–H groups in total. The summed E-state index contributed by atoms with van der Waals surface area (Å²) in [5, 5.41) is 4.31. The molecule has 1 heterocycles. The summed E-state index contributed by atoms with van der Waals surface area (Å²) in [6.07, 6.45) is 1.09. The van der Waals surface area contributed by atoms with Crippen LogP contribution in [0.3, 0.4) is 0 Å². The maximum absolute atomic E-state index is 4.52. The Kier molecular flexibility index (Phi) is 5.01. The topological polar surface area (TPSA) is 37.8 Å². The van der Waals surface area contributed by atoms with Gasteiger partial charge in [0.25, 0.3) is 0 Å². The van der Waals surface area contributed by atoms with Gasteiger partial charge in [0.15, 0.2) is 0 Å². The van der Waals surface area contributed by atoms with Crippen LogP contribution in [0.25, 0.3) is 0 Å². The van der Waals surface area contributed by atoms with Gasteiger partial charge < -0.3 is 5.32 Å². The van der Waals surface area contributed by atoms with Crippen molar-refractivity contribution in [1.29, 1.82) is 0 Å². The Morgan fingerprint density at radius 3 is 2.65 bits per heavy atom. The van der Waals surface area contributed by atoms with Crippen LogP contribution in [-0.4, -0.2) is 16.5 Å². The highest BCUT2D eigenvalue weighted by Gasteiger charge is 2.06. The van der Waals surface area contributed by atoms with Crippen molar-refractivity contribution in [3.8, 4) is 0 Å². The van der Waals surface area contributed by atoms with E-state index in [1.807, 2.05) is 13.0 Å². The lowest BCUT2D eigenvalue weighted by Crippen LogP contribution is -2.04. The van der Waals surface area contributed by atoms with E-state index in [4.69, 9.17) is 0 Å². The third-order valence-corrected chi connectivity index (χ3v) is 4.01. The molecular formula is C16H21N3S. The number of hydrogen-bond acceptors (Lipinski definition) is 4. The SMILES string of the molecule is CCCNc1cc(Sc2cc(C)ccc2C)nc(C)n1. The lowest BCUT2D eigenvalue weighted by Gasteiger charge is -2.09. The lowest BCUT2D eigenvalue weighted by molar-refractivity contribution is 0.927. The zero-order valence-corrected chi connectivity index (χ0v) is 13.3. The minimum Gasteiger partial charge on any atom is -0.370 e. The Hall–Kier alpha value is -1.55. The Morgan fingerprint density at radius 2 is 1.90 bits per heavy atom. The second-order valence-corrected chi connectivity index (χ2v) is 6.00. The summed E-state index contributed by atoms with van der Waals surface area (Å²) in [5.74, 6) is 1.71. The molecule has 1 aromatic heterocycles. The molecule has 3 nitrogen and oxygen atoms in total. The van der Waals surface area contributed by atoms with E-state index in [0.717, 1.165) is 29.6 Å². The number of aryl methyl sites for hydroxylation is 3. The smallest absolute Gasteiger partial charge is 0.130 e. The van der Waals surface area contributed by atoms with Gasteiger partial charge in [0, 0.05) is 17.5 Å². The predicted molar refractivity (Wildman–Crippen MR) is 85.6 cm³/mol. The van der Waals surface area contributed by atoms with Crippen LogP contribution in [0.5, 0.6) is 0 Å². The molecule has 0 unspecified atom stereocenters. The van der Waals surface area contributed by atoms with E-state index in [2.05, 4.69) is 54.3 Å². The van der Waals surface area contributed by atoms with Crippen LogP contribution in [0.1, 0.15) is 30.3 Å². The molecule has 0 bridgehead atoms. The van der Waals surface area contributed by atoms with Gasteiger partial charge in [-0.15, -0.1) is 0 Å². The standard InChI is InChI=1S/C16H21N3S/c1-5-8-17-15-10-16(19-13(4)18-15)20-14-9-11(2)6-7-12(14)3/h6-7,9-10H,5,8H2,1-4H3,(H,17,18,19). The van der Waals surface area contributed by atoms with E-state index in [1.165, 1.54) is 16.0 Å². The summed E-state index contributed by atoms with van der Waals surface area (Å²) in [6, 6.07) is 8.52. The number of hydrogen-bond donors (Lipinski definition) is 1. The number of nitrogens with zero attached hydrogens (tertiary/aromatic N) is 2. The van der Waals surface area contributed by atoms with Gasteiger partial charge in [0.05, 0.1) is 0 Å². The molecule has 0 aliphatic heterocycles. The minimum absolute atomic E-state index is 0.805. The van der Waals surface area contributed by atoms with E-state index >= 15 is 0 Å². The van der Waals surface area contributed by atoms with Crippen molar-refractivity contribution >= 4 is 17.6 Å². The van der Waals surface area contributed by atoms with Crippen LogP contribution in [0.4, 0.5) is 5.82 Å². The van der Waals surface area contributed by atoms with Gasteiger partial charge in [-0.05, 0) is 44.4 Å². The molecule has 106 valence electrons. The maximum Gasteiger partial charge on any atom is 0.130 e. The highest BCUT2D eigenvalue weighted by Crippen LogP contribution is 2.30. The number of benzene rings is 1. The van der Waals surface area contributed by atoms with Crippen molar-refractivity contribution in [2.75, 3.05) is 11.9 Å². The molecule has 0 aliphatic rings. The first-order valence-electron chi connectivity index (χ1n) is 6.93. The number of nitrogens with one attached hydrogen (secondary N) is 1. The molecule has 0 saturated carbocycles. The predicted octanol–water partition coefficient (Wildman–Crippen LogP) is 4.37. The largest absolute Gasteiger partial charge is 0.370 e. The number of aromatic nitrogens is 2. The second-order valence-electron chi connectivity index (χ2n) is 4.94. The van der Waals surface area contributed by atoms with Crippen LogP contribution in [0, 0.1) is 20.8 Å². The van der Waals surface area contributed by atoms with Crippen LogP contribution in [0.2, 0.25) is 0 Å². The van der Waals surface area contributed by atoms with Gasteiger partial charge in [-0.1, -0.05) is 30.8 Å². The monoisotopic (exact) mass is 287 g/mol. The summed E-state index contributed by atoms with van der Waals surface area (Å²) in [4.78, 5) is 10.2. The van der Waals surface area contributed by atoms with Gasteiger partial charge >= 0.3 is 0 Å². The van der Waals surface area contributed by atoms with Crippen molar-refractivity contribution in [2.24, 2.45) is 0 Å². The molecule has 0 spiro atoms. The van der Waals surface area contributed by atoms with Crippen molar-refractivity contribution in [1.82, 2.24) is 9.97 Å². The highest BCUT2D eigenvalue weighted by molar-refractivity contribution is 7.99. The Bertz CT molecular complexity index is 596. The van der Waals surface area contributed by atoms with Crippen LogP contribution < -0.4 is 5.32 Å². The second kappa shape index (κ2) is 6.75. The molecule has 0 aliphatic carbocycles. The molecule has 0 saturated heterocycles. The summed E-state index contributed by atoms with van der Waals surface area (Å²) in [5.41, 5.74) is 2.55. The molecular weight excluding hydrogens is 266 g/mol. The zero-order valence-electron chi connectivity index (χ0n) is 12.5. The van der Waals surface area contributed by atoms with Gasteiger partial charge in [-0.2, -0.15) is 0 Å². The average molecular weight is 287 g/mol. The lowest BCUT2D eigenvalue weighted by atomic mass is 10.2. The third kappa shape index (κ3) is 3.97. The summed E-state index contributed by atoms with van der Waals surface area (Å²) in [7, 11) is 0. The van der Waals surface area contributed by atoms with E-state index < -0.39 is 0 Å². The Morgan fingerprint density at radius 1 is 1.10 bits per heavy atom. The molecule has 4 heteroatoms. The summed E-state index contributed by atoms with van der Waals surface area (Å²) >= 11 is 1.70. The first kappa shape index (κ1) is 14.9. The molecule has 20 heavy (non-hydrogen) atoms. The molecule has 0 atom stereocenters. The van der Waals surface area contributed by atoms with Gasteiger partial charge in [-0.25, -0.2) is 9.97 Å². The fraction of sp³-hybridized carbons (Fsp3) is 0.375. The van der Waals surface area contributed by atoms with Gasteiger partial charge in [0.1, 0.15) is 16.7 Å². The fourth-order valence-electron chi connectivity index (χ4n) is 1.87. The van der Waals surface area contributed by atoms with E-state index in [0.29, 0.717) is 0 Å². The minimum atomic E-state index is 0.805. The molecule has 2 aromatic rings. The quantitative estimate of drug-likeness (QED) is 0.828. The molecule has 1 aromatic carbocycles. The maximum atomic E-state index is 4.52. The van der Waals surface area contributed by atoms with Crippen molar-refractivity contribution in [2.45, 2.75) is 44.0 Å². The van der Waals surface area contributed by atoms with Gasteiger partial charge in [-0.3, -0.25) is 0 Å². The number of anilines is 1. The normalized spacial score (nSPS) is 10.6. The Balaban J connectivity index is 2.24.